The highest BCUT2D eigenvalue weighted by molar-refractivity contribution is 6.30. The Balaban J connectivity index is 1.80. The van der Waals surface area contributed by atoms with Gasteiger partial charge in [-0.3, -0.25) is 0 Å². The number of aromatic nitrogens is 1. The quantitative estimate of drug-likeness (QED) is 0.437. The molecule has 0 fully saturated rings. The lowest BCUT2D eigenvalue weighted by molar-refractivity contribution is 0.483. The van der Waals surface area contributed by atoms with Crippen molar-refractivity contribution in [3.63, 3.8) is 0 Å². The van der Waals surface area contributed by atoms with Crippen LogP contribution in [0.15, 0.2) is 84.9 Å². The molecule has 5 heteroatoms. The molecule has 0 bridgehead atoms. The Bertz CT molecular complexity index is 1220. The van der Waals surface area contributed by atoms with Crippen LogP contribution in [0.3, 0.4) is 0 Å². The summed E-state index contributed by atoms with van der Waals surface area (Å²) < 4.78 is 5.93. The lowest BCUT2D eigenvalue weighted by atomic mass is 9.98. The van der Waals surface area contributed by atoms with E-state index in [2.05, 4.69) is 11.1 Å². The summed E-state index contributed by atoms with van der Waals surface area (Å²) >= 11 is 6.12. The van der Waals surface area contributed by atoms with E-state index in [1.807, 2.05) is 78.9 Å². The smallest absolute Gasteiger partial charge is 0.142 e. The highest BCUT2D eigenvalue weighted by Crippen LogP contribution is 2.34. The molecule has 0 aliphatic rings. The highest BCUT2D eigenvalue weighted by Gasteiger charge is 2.14. The van der Waals surface area contributed by atoms with Gasteiger partial charge >= 0.3 is 0 Å². The summed E-state index contributed by atoms with van der Waals surface area (Å²) in [6.45, 7) is 0. The number of nitrogen functional groups attached to an aromatic ring is 1. The topological polar surface area (TPSA) is 71.9 Å². The molecule has 0 atom stereocenters. The fourth-order valence-electron chi connectivity index (χ4n) is 3.06. The van der Waals surface area contributed by atoms with Gasteiger partial charge in [0, 0.05) is 16.1 Å². The second-order valence-corrected chi connectivity index (χ2v) is 6.82. The Hall–Kier alpha value is -3.81. The van der Waals surface area contributed by atoms with E-state index in [1.54, 1.807) is 6.07 Å². The molecule has 140 valence electrons. The number of anilines is 1. The number of nitrogens with two attached hydrogens (primary N) is 1. The van der Waals surface area contributed by atoms with Gasteiger partial charge in [0.1, 0.15) is 28.9 Å². The highest BCUT2D eigenvalue weighted by atomic mass is 35.5. The van der Waals surface area contributed by atoms with Crippen LogP contribution in [0.25, 0.3) is 22.4 Å². The van der Waals surface area contributed by atoms with E-state index in [9.17, 15) is 5.26 Å². The Morgan fingerprint density at radius 2 is 1.55 bits per heavy atom. The van der Waals surface area contributed by atoms with Crippen LogP contribution in [0.2, 0.25) is 5.02 Å². The number of hydrogen-bond acceptors (Lipinski definition) is 4. The third-order valence-corrected chi connectivity index (χ3v) is 4.64. The van der Waals surface area contributed by atoms with Gasteiger partial charge in [-0.1, -0.05) is 54.1 Å². The number of pyridine rings is 1. The summed E-state index contributed by atoms with van der Waals surface area (Å²) in [5.74, 6) is 1.57. The third kappa shape index (κ3) is 4.06. The molecule has 1 heterocycles. The molecule has 0 saturated heterocycles. The van der Waals surface area contributed by atoms with Crippen molar-refractivity contribution in [1.82, 2.24) is 4.98 Å². The van der Waals surface area contributed by atoms with Gasteiger partial charge in [-0.2, -0.15) is 5.26 Å². The second kappa shape index (κ2) is 8.05. The van der Waals surface area contributed by atoms with Gasteiger partial charge < -0.3 is 10.5 Å². The zero-order valence-electron chi connectivity index (χ0n) is 15.3. The van der Waals surface area contributed by atoms with Crippen LogP contribution in [0, 0.1) is 11.3 Å². The minimum Gasteiger partial charge on any atom is -0.457 e. The molecule has 4 aromatic rings. The van der Waals surface area contributed by atoms with Gasteiger partial charge in [-0.05, 0) is 48.0 Å². The van der Waals surface area contributed by atoms with Gasteiger partial charge in [-0.15, -0.1) is 0 Å². The first-order valence-electron chi connectivity index (χ1n) is 8.94. The van der Waals surface area contributed by atoms with Gasteiger partial charge in [0.25, 0.3) is 0 Å². The fraction of sp³-hybridized carbons (Fsp3) is 0. The van der Waals surface area contributed by atoms with E-state index < -0.39 is 0 Å². The van der Waals surface area contributed by atoms with Crippen molar-refractivity contribution in [2.75, 3.05) is 5.73 Å². The van der Waals surface area contributed by atoms with Gasteiger partial charge in [-0.25, -0.2) is 4.98 Å². The Labute approximate surface area is 173 Å². The van der Waals surface area contributed by atoms with Crippen molar-refractivity contribution in [3.8, 4) is 40.0 Å². The monoisotopic (exact) mass is 397 g/mol. The molecule has 4 rings (SSSR count). The first-order chi connectivity index (χ1) is 14.1. The first-order valence-corrected chi connectivity index (χ1v) is 9.32. The van der Waals surface area contributed by atoms with Crippen LogP contribution >= 0.6 is 11.6 Å². The zero-order valence-corrected chi connectivity index (χ0v) is 16.1. The van der Waals surface area contributed by atoms with Crippen LogP contribution < -0.4 is 10.5 Å². The molecule has 0 spiro atoms. The molecule has 0 amide bonds. The largest absolute Gasteiger partial charge is 0.457 e. The first kappa shape index (κ1) is 18.5. The minimum absolute atomic E-state index is 0.175. The molecular weight excluding hydrogens is 382 g/mol. The van der Waals surface area contributed by atoms with Crippen LogP contribution in [0.5, 0.6) is 11.5 Å². The Kier molecular flexibility index (Phi) is 5.15. The fourth-order valence-corrected chi connectivity index (χ4v) is 3.25. The molecular formula is C24H16ClN3O. The Morgan fingerprint density at radius 3 is 2.31 bits per heavy atom. The number of benzene rings is 3. The van der Waals surface area contributed by atoms with Crippen molar-refractivity contribution in [2.45, 2.75) is 0 Å². The molecule has 4 nitrogen and oxygen atoms in total. The average molecular weight is 398 g/mol. The number of nitrogens with zero attached hydrogens (tertiary/aromatic N) is 2. The van der Waals surface area contributed by atoms with E-state index in [0.717, 1.165) is 16.9 Å². The van der Waals surface area contributed by atoms with E-state index in [0.29, 0.717) is 27.6 Å². The van der Waals surface area contributed by atoms with Crippen LogP contribution in [0.1, 0.15) is 5.56 Å². The summed E-state index contributed by atoms with van der Waals surface area (Å²) in [6.07, 6.45) is 0. The average Bonchev–Trinajstić information content (AvgIpc) is 2.74. The maximum atomic E-state index is 9.65. The van der Waals surface area contributed by atoms with Crippen molar-refractivity contribution in [3.05, 3.63) is 95.5 Å². The summed E-state index contributed by atoms with van der Waals surface area (Å²) in [5, 5.41) is 10.3. The van der Waals surface area contributed by atoms with E-state index >= 15 is 0 Å². The zero-order chi connectivity index (χ0) is 20.2. The standard InChI is InChI=1S/C24H16ClN3O/c25-18-8-4-7-17(12-18)23-14-21(22(15-26)24(27)28-23)16-6-5-11-20(13-16)29-19-9-2-1-3-10-19/h1-14H,(H2,27,28). The maximum absolute atomic E-state index is 9.65. The second-order valence-electron chi connectivity index (χ2n) is 6.38. The maximum Gasteiger partial charge on any atom is 0.142 e. The third-order valence-electron chi connectivity index (χ3n) is 4.40. The number of para-hydroxylation sites is 1. The van der Waals surface area contributed by atoms with Crippen LogP contribution in [-0.4, -0.2) is 4.98 Å². The minimum atomic E-state index is 0.175. The SMILES string of the molecule is N#Cc1c(-c2cccc(Oc3ccccc3)c2)cc(-c2cccc(Cl)c2)nc1N. The molecule has 0 aliphatic heterocycles. The van der Waals surface area contributed by atoms with Crippen molar-refractivity contribution in [2.24, 2.45) is 0 Å². The normalized spacial score (nSPS) is 10.3. The lowest BCUT2D eigenvalue weighted by Crippen LogP contribution is -2.00. The molecule has 0 saturated carbocycles. The Morgan fingerprint density at radius 1 is 0.828 bits per heavy atom. The van der Waals surface area contributed by atoms with Gasteiger partial charge in [0.05, 0.1) is 5.69 Å². The van der Waals surface area contributed by atoms with Gasteiger partial charge in [0.2, 0.25) is 0 Å². The molecule has 1 aromatic heterocycles. The number of halogens is 1. The van der Waals surface area contributed by atoms with Crippen molar-refractivity contribution >= 4 is 17.4 Å². The van der Waals surface area contributed by atoms with E-state index in [-0.39, 0.29) is 5.82 Å². The molecule has 2 N–H and O–H groups in total. The summed E-state index contributed by atoms with van der Waals surface area (Å²) in [7, 11) is 0. The number of nitriles is 1. The number of ether oxygens (including phenoxy) is 1. The van der Waals surface area contributed by atoms with Crippen molar-refractivity contribution in [1.29, 1.82) is 5.26 Å². The van der Waals surface area contributed by atoms with Crippen LogP contribution in [0.4, 0.5) is 5.82 Å². The van der Waals surface area contributed by atoms with Gasteiger partial charge in [0.15, 0.2) is 0 Å². The van der Waals surface area contributed by atoms with Crippen molar-refractivity contribution < 1.29 is 4.74 Å². The molecule has 0 unspecified atom stereocenters. The molecule has 0 aliphatic carbocycles. The van der Waals surface area contributed by atoms with Crippen LogP contribution in [-0.2, 0) is 0 Å². The molecule has 29 heavy (non-hydrogen) atoms. The van der Waals surface area contributed by atoms with E-state index in [1.165, 1.54) is 0 Å². The molecule has 3 aromatic carbocycles. The predicted octanol–water partition coefficient (Wildman–Crippen LogP) is 6.32. The number of hydrogen-bond donors (Lipinski definition) is 1. The number of rotatable bonds is 4. The summed E-state index contributed by atoms with van der Waals surface area (Å²) in [4.78, 5) is 4.40. The molecule has 0 radical (unpaired) electrons. The summed E-state index contributed by atoms with van der Waals surface area (Å²) in [6, 6.07) is 28.4. The lowest BCUT2D eigenvalue weighted by Gasteiger charge is -2.12. The summed E-state index contributed by atoms with van der Waals surface area (Å²) in [5.41, 5.74) is 9.41. The predicted molar refractivity (Wildman–Crippen MR) is 116 cm³/mol. The van der Waals surface area contributed by atoms with E-state index in [4.69, 9.17) is 22.1 Å².